The van der Waals surface area contributed by atoms with E-state index in [4.69, 9.17) is 9.84 Å². The largest absolute Gasteiger partial charge is 0.495 e. The summed E-state index contributed by atoms with van der Waals surface area (Å²) in [4.78, 5) is 11.8. The molecule has 1 aliphatic rings. The Labute approximate surface area is 113 Å². The van der Waals surface area contributed by atoms with Gasteiger partial charge in [0.15, 0.2) is 0 Å². The van der Waals surface area contributed by atoms with Gasteiger partial charge in [-0.3, -0.25) is 4.79 Å². The molecule has 5 heteroatoms. The van der Waals surface area contributed by atoms with Gasteiger partial charge < -0.3 is 20.5 Å². The minimum Gasteiger partial charge on any atom is -0.495 e. The first-order valence-corrected chi connectivity index (χ1v) is 6.43. The van der Waals surface area contributed by atoms with Crippen LogP contribution in [0.25, 0.3) is 0 Å². The Hall–Kier alpha value is -1.59. The van der Waals surface area contributed by atoms with E-state index in [-0.39, 0.29) is 24.5 Å². The number of ether oxygens (including phenoxy) is 1. The van der Waals surface area contributed by atoms with Crippen LogP contribution in [-0.2, 0) is 4.79 Å². The first kappa shape index (κ1) is 13.8. The molecule has 0 aromatic heterocycles. The van der Waals surface area contributed by atoms with Crippen molar-refractivity contribution in [3.8, 4) is 5.75 Å². The third-order valence-electron chi connectivity index (χ3n) is 3.46. The third kappa shape index (κ3) is 3.68. The molecule has 104 valence electrons. The second-order valence-electron chi connectivity index (χ2n) is 5.01. The molecule has 1 saturated carbocycles. The monoisotopic (exact) mass is 264 g/mol. The van der Waals surface area contributed by atoms with Crippen molar-refractivity contribution in [3.63, 3.8) is 0 Å². The number of anilines is 1. The summed E-state index contributed by atoms with van der Waals surface area (Å²) in [6, 6.07) is 7.29. The van der Waals surface area contributed by atoms with Crippen molar-refractivity contribution in [2.75, 3.05) is 32.1 Å². The van der Waals surface area contributed by atoms with Crippen molar-refractivity contribution in [2.45, 2.75) is 12.8 Å². The molecular formula is C14H20N2O3. The molecule has 0 saturated heterocycles. The summed E-state index contributed by atoms with van der Waals surface area (Å²) in [6.07, 6.45) is 2.06. The molecular weight excluding hydrogens is 244 g/mol. The highest BCUT2D eigenvalue weighted by atomic mass is 16.5. The van der Waals surface area contributed by atoms with Crippen LogP contribution in [-0.4, -0.2) is 37.8 Å². The number of methoxy groups -OCH3 is 1. The highest BCUT2D eigenvalue weighted by molar-refractivity contribution is 5.93. The number of aliphatic hydroxyl groups excluding tert-OH is 1. The Kier molecular flexibility index (Phi) is 4.39. The molecule has 0 unspecified atom stereocenters. The van der Waals surface area contributed by atoms with Crippen LogP contribution >= 0.6 is 0 Å². The standard InChI is InChI=1S/C14H20N2O3/c1-19-12-5-3-2-4-11(12)16-13(18)8-15-9-14(10-17)6-7-14/h2-5,15,17H,6-10H2,1H3,(H,16,18). The Morgan fingerprint density at radius 1 is 1.42 bits per heavy atom. The maximum Gasteiger partial charge on any atom is 0.238 e. The molecule has 1 fully saturated rings. The molecule has 2 rings (SSSR count). The third-order valence-corrected chi connectivity index (χ3v) is 3.46. The summed E-state index contributed by atoms with van der Waals surface area (Å²) in [6.45, 7) is 1.11. The van der Waals surface area contributed by atoms with E-state index in [0.29, 0.717) is 18.0 Å². The summed E-state index contributed by atoms with van der Waals surface area (Å²) < 4.78 is 5.16. The van der Waals surface area contributed by atoms with Crippen molar-refractivity contribution < 1.29 is 14.6 Å². The molecule has 0 heterocycles. The Morgan fingerprint density at radius 2 is 2.16 bits per heavy atom. The normalized spacial score (nSPS) is 15.9. The van der Waals surface area contributed by atoms with Crippen LogP contribution in [0, 0.1) is 5.41 Å². The minimum absolute atomic E-state index is 0.0186. The fourth-order valence-corrected chi connectivity index (χ4v) is 1.95. The number of amides is 1. The van der Waals surface area contributed by atoms with Gasteiger partial charge in [0.25, 0.3) is 0 Å². The summed E-state index contributed by atoms with van der Waals surface area (Å²) >= 11 is 0. The molecule has 1 aliphatic carbocycles. The minimum atomic E-state index is -0.113. The van der Waals surface area contributed by atoms with Crippen LogP contribution in [0.3, 0.4) is 0 Å². The maximum atomic E-state index is 11.8. The van der Waals surface area contributed by atoms with Gasteiger partial charge in [0.1, 0.15) is 5.75 Å². The van der Waals surface area contributed by atoms with Crippen molar-refractivity contribution in [1.29, 1.82) is 0 Å². The number of rotatable bonds is 7. The van der Waals surface area contributed by atoms with Gasteiger partial charge in [-0.05, 0) is 25.0 Å². The number of nitrogens with one attached hydrogen (secondary N) is 2. The predicted octanol–water partition coefficient (Wildman–Crippen LogP) is 0.996. The second-order valence-corrected chi connectivity index (χ2v) is 5.01. The Bertz CT molecular complexity index is 444. The van der Waals surface area contributed by atoms with E-state index in [1.165, 1.54) is 0 Å². The number of carbonyl (C=O) groups is 1. The number of carbonyl (C=O) groups excluding carboxylic acids is 1. The molecule has 0 spiro atoms. The lowest BCUT2D eigenvalue weighted by Gasteiger charge is -2.13. The Morgan fingerprint density at radius 3 is 2.79 bits per heavy atom. The van der Waals surface area contributed by atoms with Gasteiger partial charge in [-0.15, -0.1) is 0 Å². The zero-order valence-corrected chi connectivity index (χ0v) is 11.1. The molecule has 19 heavy (non-hydrogen) atoms. The molecule has 1 aromatic rings. The van der Waals surface area contributed by atoms with E-state index in [1.54, 1.807) is 19.2 Å². The molecule has 5 nitrogen and oxygen atoms in total. The molecule has 3 N–H and O–H groups in total. The van der Waals surface area contributed by atoms with Gasteiger partial charge in [-0.2, -0.15) is 0 Å². The fourth-order valence-electron chi connectivity index (χ4n) is 1.95. The lowest BCUT2D eigenvalue weighted by molar-refractivity contribution is -0.115. The van der Waals surface area contributed by atoms with E-state index < -0.39 is 0 Å². The van der Waals surface area contributed by atoms with Crippen LogP contribution < -0.4 is 15.4 Å². The van der Waals surface area contributed by atoms with Crippen LogP contribution in [0.4, 0.5) is 5.69 Å². The molecule has 0 bridgehead atoms. The smallest absolute Gasteiger partial charge is 0.238 e. The van der Waals surface area contributed by atoms with E-state index in [0.717, 1.165) is 12.8 Å². The first-order valence-electron chi connectivity index (χ1n) is 6.43. The van der Waals surface area contributed by atoms with Gasteiger partial charge in [0.2, 0.25) is 5.91 Å². The number of aliphatic hydroxyl groups is 1. The topological polar surface area (TPSA) is 70.6 Å². The fraction of sp³-hybridized carbons (Fsp3) is 0.500. The van der Waals surface area contributed by atoms with E-state index >= 15 is 0 Å². The SMILES string of the molecule is COc1ccccc1NC(=O)CNCC1(CO)CC1. The summed E-state index contributed by atoms with van der Waals surface area (Å²) in [5, 5.41) is 15.0. The number of para-hydroxylation sites is 2. The van der Waals surface area contributed by atoms with Crippen molar-refractivity contribution in [3.05, 3.63) is 24.3 Å². The second kappa shape index (κ2) is 6.04. The number of benzene rings is 1. The van der Waals surface area contributed by atoms with E-state index in [1.807, 2.05) is 12.1 Å². The van der Waals surface area contributed by atoms with Crippen LogP contribution in [0.15, 0.2) is 24.3 Å². The van der Waals surface area contributed by atoms with Crippen LogP contribution in [0.5, 0.6) is 5.75 Å². The lowest BCUT2D eigenvalue weighted by Crippen LogP contribution is -2.33. The molecule has 0 radical (unpaired) electrons. The van der Waals surface area contributed by atoms with E-state index in [9.17, 15) is 4.79 Å². The summed E-state index contributed by atoms with van der Waals surface area (Å²) in [5.74, 6) is 0.531. The van der Waals surface area contributed by atoms with E-state index in [2.05, 4.69) is 10.6 Å². The highest BCUT2D eigenvalue weighted by Gasteiger charge is 2.41. The first-order chi connectivity index (χ1) is 9.19. The highest BCUT2D eigenvalue weighted by Crippen LogP contribution is 2.44. The lowest BCUT2D eigenvalue weighted by atomic mass is 10.1. The van der Waals surface area contributed by atoms with Gasteiger partial charge >= 0.3 is 0 Å². The average molecular weight is 264 g/mol. The predicted molar refractivity (Wildman–Crippen MR) is 73.2 cm³/mol. The molecule has 0 atom stereocenters. The zero-order chi connectivity index (χ0) is 13.7. The van der Waals surface area contributed by atoms with Gasteiger partial charge in [0, 0.05) is 18.6 Å². The molecule has 0 aliphatic heterocycles. The molecule has 1 amide bonds. The van der Waals surface area contributed by atoms with Crippen molar-refractivity contribution in [2.24, 2.45) is 5.41 Å². The summed E-state index contributed by atoms with van der Waals surface area (Å²) in [7, 11) is 1.57. The average Bonchev–Trinajstić information content (AvgIpc) is 3.20. The van der Waals surface area contributed by atoms with Gasteiger partial charge in [-0.25, -0.2) is 0 Å². The maximum absolute atomic E-state index is 11.8. The zero-order valence-electron chi connectivity index (χ0n) is 11.1. The quantitative estimate of drug-likeness (QED) is 0.687. The van der Waals surface area contributed by atoms with Gasteiger partial charge in [0.05, 0.1) is 19.3 Å². The molecule has 1 aromatic carbocycles. The van der Waals surface area contributed by atoms with Crippen molar-refractivity contribution in [1.82, 2.24) is 5.32 Å². The van der Waals surface area contributed by atoms with Crippen LogP contribution in [0.2, 0.25) is 0 Å². The summed E-state index contributed by atoms with van der Waals surface area (Å²) in [5.41, 5.74) is 0.685. The van der Waals surface area contributed by atoms with Gasteiger partial charge in [-0.1, -0.05) is 12.1 Å². The Balaban J connectivity index is 1.78. The number of hydrogen-bond donors (Lipinski definition) is 3. The number of hydrogen-bond acceptors (Lipinski definition) is 4. The van der Waals surface area contributed by atoms with Crippen molar-refractivity contribution >= 4 is 11.6 Å². The van der Waals surface area contributed by atoms with Crippen LogP contribution in [0.1, 0.15) is 12.8 Å².